The van der Waals surface area contributed by atoms with Gasteiger partial charge in [0, 0.05) is 24.6 Å². The average molecular weight is 272 g/mol. The Bertz CT molecular complexity index is 420. The molecule has 2 nitrogen and oxygen atoms in total. The average Bonchev–Trinajstić information content (AvgIpc) is 2.47. The lowest BCUT2D eigenvalue weighted by molar-refractivity contribution is 0.523. The zero-order chi connectivity index (χ0) is 14.8. The minimum Gasteiger partial charge on any atom is -0.384 e. The summed E-state index contributed by atoms with van der Waals surface area (Å²) in [5, 5.41) is 3.43. The zero-order valence-corrected chi connectivity index (χ0v) is 13.2. The van der Waals surface area contributed by atoms with Gasteiger partial charge in [-0.2, -0.15) is 0 Å². The maximum absolute atomic E-state index is 4.25. The highest BCUT2D eigenvalue weighted by molar-refractivity contribution is 5.22. The molecule has 20 heavy (non-hydrogen) atoms. The van der Waals surface area contributed by atoms with Crippen LogP contribution in [0, 0.1) is 5.92 Å². The second-order valence-electron chi connectivity index (χ2n) is 5.36. The first-order valence-corrected chi connectivity index (χ1v) is 7.67. The highest BCUT2D eigenvalue weighted by Crippen LogP contribution is 2.22. The molecule has 0 spiro atoms. The molecule has 2 heteroatoms. The van der Waals surface area contributed by atoms with Crippen LogP contribution in [-0.2, 0) is 6.54 Å². The Morgan fingerprint density at radius 3 is 2.85 bits per heavy atom. The lowest BCUT2D eigenvalue weighted by atomic mass is 9.91. The van der Waals surface area contributed by atoms with E-state index < -0.39 is 0 Å². The molecule has 0 aromatic carbocycles. The van der Waals surface area contributed by atoms with E-state index in [0.29, 0.717) is 5.92 Å². The number of nitrogens with zero attached hydrogens (tertiary/aromatic N) is 1. The Balaban J connectivity index is 2.48. The van der Waals surface area contributed by atoms with Crippen LogP contribution in [0.25, 0.3) is 0 Å². The van der Waals surface area contributed by atoms with Gasteiger partial charge in [-0.25, -0.2) is 0 Å². The van der Waals surface area contributed by atoms with Crippen LogP contribution in [0.4, 0.5) is 0 Å². The molecule has 1 N–H and O–H groups in total. The van der Waals surface area contributed by atoms with E-state index in [1.807, 2.05) is 12.3 Å². The lowest BCUT2D eigenvalue weighted by Gasteiger charge is -2.16. The van der Waals surface area contributed by atoms with Gasteiger partial charge in [-0.05, 0) is 43.4 Å². The molecule has 0 radical (unpaired) electrons. The number of unbranched alkanes of at least 4 members (excludes halogenated alkanes) is 1. The van der Waals surface area contributed by atoms with Gasteiger partial charge in [0.15, 0.2) is 0 Å². The molecule has 0 aliphatic heterocycles. The van der Waals surface area contributed by atoms with E-state index in [1.54, 1.807) is 6.20 Å². The minimum absolute atomic E-state index is 0.616. The van der Waals surface area contributed by atoms with Crippen molar-refractivity contribution in [3.63, 3.8) is 0 Å². The third kappa shape index (κ3) is 6.05. The Morgan fingerprint density at radius 2 is 2.25 bits per heavy atom. The van der Waals surface area contributed by atoms with Gasteiger partial charge < -0.3 is 5.32 Å². The second-order valence-corrected chi connectivity index (χ2v) is 5.36. The molecule has 1 aromatic heterocycles. The van der Waals surface area contributed by atoms with Crippen LogP contribution < -0.4 is 5.32 Å². The van der Waals surface area contributed by atoms with Gasteiger partial charge in [-0.3, -0.25) is 4.98 Å². The number of aromatic nitrogens is 1. The summed E-state index contributed by atoms with van der Waals surface area (Å²) >= 11 is 0. The van der Waals surface area contributed by atoms with Gasteiger partial charge in [0.25, 0.3) is 0 Å². The van der Waals surface area contributed by atoms with E-state index in [2.05, 4.69) is 49.8 Å². The third-order valence-corrected chi connectivity index (χ3v) is 3.62. The molecule has 0 saturated carbocycles. The van der Waals surface area contributed by atoms with E-state index in [9.17, 15) is 0 Å². The van der Waals surface area contributed by atoms with Crippen molar-refractivity contribution in [1.29, 1.82) is 0 Å². The van der Waals surface area contributed by atoms with Crippen molar-refractivity contribution < 1.29 is 0 Å². The van der Waals surface area contributed by atoms with E-state index in [0.717, 1.165) is 6.54 Å². The van der Waals surface area contributed by atoms with E-state index in [4.69, 9.17) is 0 Å². The second kappa shape index (κ2) is 9.35. The van der Waals surface area contributed by atoms with Crippen LogP contribution in [0.3, 0.4) is 0 Å². The van der Waals surface area contributed by atoms with Gasteiger partial charge in [0.1, 0.15) is 0 Å². The largest absolute Gasteiger partial charge is 0.384 e. The van der Waals surface area contributed by atoms with Crippen molar-refractivity contribution in [3.05, 3.63) is 54.0 Å². The van der Waals surface area contributed by atoms with Crippen LogP contribution in [0.15, 0.2) is 48.5 Å². The number of rotatable bonds is 9. The molecular weight excluding hydrogens is 244 g/mol. The first kappa shape index (κ1) is 16.5. The molecule has 0 bridgehead atoms. The fraction of sp³-hybridized carbons (Fsp3) is 0.500. The maximum Gasteiger partial charge on any atom is 0.0412 e. The van der Waals surface area contributed by atoms with Crippen molar-refractivity contribution in [1.82, 2.24) is 10.3 Å². The SMILES string of the molecule is C=C(/C=C(\C)NCc1cccnc1)C(CC)CCCC. The Morgan fingerprint density at radius 1 is 1.45 bits per heavy atom. The van der Waals surface area contributed by atoms with Gasteiger partial charge >= 0.3 is 0 Å². The number of hydrogen-bond donors (Lipinski definition) is 1. The third-order valence-electron chi connectivity index (χ3n) is 3.62. The summed E-state index contributed by atoms with van der Waals surface area (Å²) < 4.78 is 0. The molecule has 1 rings (SSSR count). The van der Waals surface area contributed by atoms with E-state index in [-0.39, 0.29) is 0 Å². The van der Waals surface area contributed by atoms with Gasteiger partial charge in [0.2, 0.25) is 0 Å². The highest BCUT2D eigenvalue weighted by Gasteiger charge is 2.08. The Kier molecular flexibility index (Phi) is 7.71. The van der Waals surface area contributed by atoms with Crippen molar-refractivity contribution in [2.75, 3.05) is 0 Å². The molecule has 0 fully saturated rings. The first-order valence-electron chi connectivity index (χ1n) is 7.67. The predicted octanol–water partition coefficient (Wildman–Crippen LogP) is 4.85. The monoisotopic (exact) mass is 272 g/mol. The molecule has 0 saturated heterocycles. The minimum atomic E-state index is 0.616. The summed E-state index contributed by atoms with van der Waals surface area (Å²) in [7, 11) is 0. The van der Waals surface area contributed by atoms with Crippen molar-refractivity contribution in [3.8, 4) is 0 Å². The molecule has 110 valence electrons. The fourth-order valence-electron chi connectivity index (χ4n) is 2.29. The number of nitrogens with one attached hydrogen (secondary N) is 1. The normalized spacial score (nSPS) is 13.1. The molecular formula is C18H28N2. The maximum atomic E-state index is 4.25. The van der Waals surface area contributed by atoms with Crippen LogP contribution in [-0.4, -0.2) is 4.98 Å². The molecule has 1 aromatic rings. The Hall–Kier alpha value is -1.57. The number of pyridine rings is 1. The summed E-state index contributed by atoms with van der Waals surface area (Å²) in [5.74, 6) is 0.616. The Labute approximate surface area is 124 Å². The van der Waals surface area contributed by atoms with Crippen molar-refractivity contribution in [2.24, 2.45) is 5.92 Å². The fourth-order valence-corrected chi connectivity index (χ4v) is 2.29. The predicted molar refractivity (Wildman–Crippen MR) is 87.3 cm³/mol. The quantitative estimate of drug-likeness (QED) is 0.650. The van der Waals surface area contributed by atoms with Gasteiger partial charge in [-0.15, -0.1) is 0 Å². The summed E-state index contributed by atoms with van der Waals surface area (Å²) in [6.07, 6.45) is 10.8. The molecule has 1 unspecified atom stereocenters. The molecule has 0 aliphatic carbocycles. The zero-order valence-electron chi connectivity index (χ0n) is 13.2. The van der Waals surface area contributed by atoms with Crippen molar-refractivity contribution >= 4 is 0 Å². The van der Waals surface area contributed by atoms with Crippen LogP contribution in [0.2, 0.25) is 0 Å². The smallest absolute Gasteiger partial charge is 0.0412 e. The molecule has 0 amide bonds. The number of allylic oxidation sites excluding steroid dienone is 3. The standard InChI is InChI=1S/C18H28N2/c1-5-7-10-18(6-2)15(3)12-16(4)20-14-17-9-8-11-19-13-17/h8-9,11-13,18,20H,3,5-7,10,14H2,1-2,4H3/b16-12+. The molecule has 1 heterocycles. The number of hydrogen-bond acceptors (Lipinski definition) is 2. The van der Waals surface area contributed by atoms with Crippen LogP contribution >= 0.6 is 0 Å². The van der Waals surface area contributed by atoms with Gasteiger partial charge in [0.05, 0.1) is 0 Å². The highest BCUT2D eigenvalue weighted by atomic mass is 14.9. The van der Waals surface area contributed by atoms with E-state index in [1.165, 1.54) is 42.5 Å². The lowest BCUT2D eigenvalue weighted by Crippen LogP contribution is -2.12. The van der Waals surface area contributed by atoms with E-state index >= 15 is 0 Å². The first-order chi connectivity index (χ1) is 9.67. The molecule has 0 aliphatic rings. The molecule has 1 atom stereocenters. The van der Waals surface area contributed by atoms with Gasteiger partial charge in [-0.1, -0.05) is 44.9 Å². The summed E-state index contributed by atoms with van der Waals surface area (Å²) in [6.45, 7) is 11.7. The summed E-state index contributed by atoms with van der Waals surface area (Å²) in [6, 6.07) is 4.05. The summed E-state index contributed by atoms with van der Waals surface area (Å²) in [4.78, 5) is 4.12. The topological polar surface area (TPSA) is 24.9 Å². The van der Waals surface area contributed by atoms with Crippen LogP contribution in [0.5, 0.6) is 0 Å². The van der Waals surface area contributed by atoms with Crippen molar-refractivity contribution in [2.45, 2.75) is 53.0 Å². The van der Waals surface area contributed by atoms with Crippen LogP contribution in [0.1, 0.15) is 52.0 Å². The summed E-state index contributed by atoms with van der Waals surface area (Å²) in [5.41, 5.74) is 3.62.